The van der Waals surface area contributed by atoms with Crippen molar-refractivity contribution in [3.63, 3.8) is 0 Å². The summed E-state index contributed by atoms with van der Waals surface area (Å²) in [7, 11) is 0. The molecule has 0 aliphatic carbocycles. The second-order valence-corrected chi connectivity index (χ2v) is 14.3. The average Bonchev–Trinajstić information content (AvgIpc) is 3.61. The molecular formula is C35H34BrClF2N6O3. The number of amides is 1. The predicted molar refractivity (Wildman–Crippen MR) is 184 cm³/mol. The minimum Gasteiger partial charge on any atom is -0.461 e. The molecule has 6 heterocycles. The first-order valence-corrected chi connectivity index (χ1v) is 17.7. The molecule has 0 N–H and O–H groups in total. The first-order valence-electron chi connectivity index (χ1n) is 16.2. The zero-order valence-electron chi connectivity index (χ0n) is 26.2. The van der Waals surface area contributed by atoms with Gasteiger partial charge in [-0.15, -0.1) is 0 Å². The highest BCUT2D eigenvalue weighted by molar-refractivity contribution is 9.09. The number of piperazine rings is 1. The fraction of sp³-hybridized carbons (Fsp3) is 0.429. The molecule has 2 atom stereocenters. The lowest BCUT2D eigenvalue weighted by molar-refractivity contribution is -0.164. The Labute approximate surface area is 290 Å². The smallest absolute Gasteiger partial charge is 0.319 e. The molecule has 2 aromatic carbocycles. The topological polar surface area (TPSA) is 83.9 Å². The molecule has 0 saturated carbocycles. The SMILES string of the molecule is O=C(/C=C/CBr)N1CCN(c2nc(OC[C@@]34CCCN3C[C@H](F)C4)nc3c(F)c(-c4cccc5cccc(Cl)c45)ncc23)CC12COC2. The average molecular weight is 740 g/mol. The van der Waals surface area contributed by atoms with Crippen LogP contribution in [0.3, 0.4) is 0 Å². The van der Waals surface area contributed by atoms with Gasteiger partial charge < -0.3 is 19.3 Å². The fourth-order valence-corrected chi connectivity index (χ4v) is 8.45. The molecule has 0 bridgehead atoms. The van der Waals surface area contributed by atoms with Crippen LogP contribution in [0.4, 0.5) is 14.6 Å². The van der Waals surface area contributed by atoms with Crippen molar-refractivity contribution in [2.75, 3.05) is 62.8 Å². The quantitative estimate of drug-likeness (QED) is 0.170. The van der Waals surface area contributed by atoms with Crippen molar-refractivity contribution in [1.82, 2.24) is 24.8 Å². The maximum atomic E-state index is 16.9. The Hall–Kier alpha value is -3.45. The summed E-state index contributed by atoms with van der Waals surface area (Å²) in [5, 5.41) is 3.06. The van der Waals surface area contributed by atoms with Gasteiger partial charge in [-0.25, -0.2) is 8.78 Å². The number of hydrogen-bond donors (Lipinski definition) is 0. The van der Waals surface area contributed by atoms with Gasteiger partial charge in [0.2, 0.25) is 5.91 Å². The summed E-state index contributed by atoms with van der Waals surface area (Å²) in [6.45, 7) is 3.48. The first kappa shape index (κ1) is 31.8. The molecule has 4 aromatic rings. The molecule has 13 heteroatoms. The van der Waals surface area contributed by atoms with E-state index in [2.05, 4.69) is 30.8 Å². The third-order valence-electron chi connectivity index (χ3n) is 10.3. The number of carbonyl (C=O) groups excluding carboxylic acids is 1. The highest BCUT2D eigenvalue weighted by atomic mass is 79.9. The predicted octanol–water partition coefficient (Wildman–Crippen LogP) is 5.96. The molecule has 4 aliphatic heterocycles. The summed E-state index contributed by atoms with van der Waals surface area (Å²) < 4.78 is 43.3. The molecule has 1 amide bonds. The molecule has 48 heavy (non-hydrogen) atoms. The number of pyridine rings is 1. The van der Waals surface area contributed by atoms with Crippen molar-refractivity contribution >= 4 is 60.9 Å². The van der Waals surface area contributed by atoms with Crippen LogP contribution < -0.4 is 9.64 Å². The van der Waals surface area contributed by atoms with E-state index in [0.29, 0.717) is 78.3 Å². The number of benzene rings is 2. The van der Waals surface area contributed by atoms with E-state index in [0.717, 1.165) is 24.8 Å². The van der Waals surface area contributed by atoms with Crippen LogP contribution in [0.2, 0.25) is 5.02 Å². The number of hydrogen-bond acceptors (Lipinski definition) is 8. The number of aromatic nitrogens is 3. The largest absolute Gasteiger partial charge is 0.461 e. The lowest BCUT2D eigenvalue weighted by Crippen LogP contribution is -2.72. The maximum Gasteiger partial charge on any atom is 0.319 e. The van der Waals surface area contributed by atoms with Crippen molar-refractivity contribution in [3.05, 3.63) is 65.6 Å². The van der Waals surface area contributed by atoms with Gasteiger partial charge in [-0.3, -0.25) is 14.7 Å². The van der Waals surface area contributed by atoms with Gasteiger partial charge in [0.1, 0.15) is 35.3 Å². The zero-order valence-corrected chi connectivity index (χ0v) is 28.5. The van der Waals surface area contributed by atoms with Crippen molar-refractivity contribution in [3.8, 4) is 17.3 Å². The molecule has 4 fully saturated rings. The third kappa shape index (κ3) is 5.32. The Morgan fingerprint density at radius 1 is 1.17 bits per heavy atom. The van der Waals surface area contributed by atoms with Gasteiger partial charge in [-0.2, -0.15) is 9.97 Å². The lowest BCUT2D eigenvalue weighted by atomic mass is 9.91. The van der Waals surface area contributed by atoms with Crippen LogP contribution in [-0.2, 0) is 9.53 Å². The Morgan fingerprint density at radius 3 is 2.79 bits per heavy atom. The monoisotopic (exact) mass is 738 g/mol. The number of fused-ring (bicyclic) bond motifs is 3. The van der Waals surface area contributed by atoms with Gasteiger partial charge in [-0.1, -0.05) is 63.9 Å². The molecular weight excluding hydrogens is 706 g/mol. The number of allylic oxidation sites excluding steroid dienone is 1. The van der Waals surface area contributed by atoms with Crippen LogP contribution in [0.5, 0.6) is 6.01 Å². The Balaban J connectivity index is 1.22. The van der Waals surface area contributed by atoms with E-state index in [-0.39, 0.29) is 29.7 Å². The summed E-state index contributed by atoms with van der Waals surface area (Å²) in [5.41, 5.74) is -0.251. The Morgan fingerprint density at radius 2 is 2.00 bits per heavy atom. The second kappa shape index (κ2) is 12.5. The molecule has 250 valence electrons. The number of ether oxygens (including phenoxy) is 2. The Kier molecular flexibility index (Phi) is 8.25. The van der Waals surface area contributed by atoms with Gasteiger partial charge in [0.15, 0.2) is 5.82 Å². The van der Waals surface area contributed by atoms with E-state index < -0.39 is 23.1 Å². The van der Waals surface area contributed by atoms with Crippen LogP contribution in [0.1, 0.15) is 19.3 Å². The van der Waals surface area contributed by atoms with E-state index in [4.69, 9.17) is 26.1 Å². The number of nitrogens with zero attached hydrogens (tertiary/aromatic N) is 6. The molecule has 4 saturated heterocycles. The number of carbonyl (C=O) groups is 1. The van der Waals surface area contributed by atoms with Crippen LogP contribution in [0, 0.1) is 5.82 Å². The minimum absolute atomic E-state index is 0.0192. The number of halogens is 4. The number of anilines is 1. The van der Waals surface area contributed by atoms with Crippen molar-refractivity contribution in [2.45, 2.75) is 36.5 Å². The summed E-state index contributed by atoms with van der Waals surface area (Å²) in [4.78, 5) is 33.3. The highest BCUT2D eigenvalue weighted by Crippen LogP contribution is 2.42. The maximum absolute atomic E-state index is 16.9. The van der Waals surface area contributed by atoms with E-state index in [9.17, 15) is 9.18 Å². The van der Waals surface area contributed by atoms with Crippen LogP contribution >= 0.6 is 27.5 Å². The number of rotatable bonds is 7. The number of alkyl halides is 2. The Bertz CT molecular complexity index is 1940. The fourth-order valence-electron chi connectivity index (χ4n) is 7.98. The molecule has 9 nitrogen and oxygen atoms in total. The summed E-state index contributed by atoms with van der Waals surface area (Å²) in [6.07, 6.45) is 6.22. The van der Waals surface area contributed by atoms with E-state index in [1.165, 1.54) is 0 Å². The van der Waals surface area contributed by atoms with Gasteiger partial charge >= 0.3 is 6.01 Å². The first-order chi connectivity index (χ1) is 23.3. The summed E-state index contributed by atoms with van der Waals surface area (Å²) in [5.74, 6) is -0.230. The molecule has 1 spiro atoms. The third-order valence-corrected chi connectivity index (χ3v) is 11.0. The summed E-state index contributed by atoms with van der Waals surface area (Å²) >= 11 is 9.97. The second-order valence-electron chi connectivity index (χ2n) is 13.2. The molecule has 4 aliphatic rings. The van der Waals surface area contributed by atoms with Crippen molar-refractivity contribution < 1.29 is 23.0 Å². The van der Waals surface area contributed by atoms with E-state index in [1.54, 1.807) is 30.5 Å². The normalized spacial score (nSPS) is 23.8. The van der Waals surface area contributed by atoms with Gasteiger partial charge in [0, 0.05) is 60.1 Å². The molecule has 2 aromatic heterocycles. The molecule has 8 rings (SSSR count). The van der Waals surface area contributed by atoms with Crippen molar-refractivity contribution in [2.24, 2.45) is 0 Å². The van der Waals surface area contributed by atoms with Crippen LogP contribution in [0.25, 0.3) is 32.9 Å². The standard InChI is InChI=1S/C35H34BrClF2N6O3/c36-11-3-9-27(46)45-14-13-43(18-35(45)19-47-20-35)32-25-16-40-30(24-7-1-5-22-6-2-8-26(37)28(22)24)29(39)31(25)41-33(42-32)48-21-34-10-4-12-44(34)17-23(38)15-34/h1-3,5-9,16,23H,4,10-15,17-21H2/b9-3+/t23-,34+/m1/s1. The zero-order chi connectivity index (χ0) is 33.0. The van der Waals surface area contributed by atoms with Crippen LogP contribution in [0.15, 0.2) is 54.7 Å². The van der Waals surface area contributed by atoms with E-state index in [1.807, 2.05) is 34.1 Å². The van der Waals surface area contributed by atoms with E-state index >= 15 is 4.39 Å². The molecule has 0 radical (unpaired) electrons. The van der Waals surface area contributed by atoms with Crippen LogP contribution in [-0.4, -0.2) is 106 Å². The van der Waals surface area contributed by atoms with Crippen molar-refractivity contribution in [1.29, 1.82) is 0 Å². The van der Waals surface area contributed by atoms with Gasteiger partial charge in [-0.05, 0) is 36.9 Å². The molecule has 0 unspecified atom stereocenters. The van der Waals surface area contributed by atoms with Gasteiger partial charge in [0.05, 0.1) is 24.1 Å². The van der Waals surface area contributed by atoms with Gasteiger partial charge in [0.25, 0.3) is 0 Å². The lowest BCUT2D eigenvalue weighted by Gasteiger charge is -2.55. The highest BCUT2D eigenvalue weighted by Gasteiger charge is 2.51. The summed E-state index contributed by atoms with van der Waals surface area (Å²) in [6, 6.07) is 11.1. The minimum atomic E-state index is -0.912.